The van der Waals surface area contributed by atoms with Crippen LogP contribution in [0.3, 0.4) is 0 Å². The Kier molecular flexibility index (Phi) is 7.94. The van der Waals surface area contributed by atoms with E-state index in [1.54, 1.807) is 0 Å². The van der Waals surface area contributed by atoms with E-state index in [2.05, 4.69) is 14.7 Å². The van der Waals surface area contributed by atoms with Gasteiger partial charge in [0.1, 0.15) is 17.2 Å². The van der Waals surface area contributed by atoms with Crippen LogP contribution in [0.5, 0.6) is 0 Å². The fourth-order valence-corrected chi connectivity index (χ4v) is 5.74. The number of rotatable bonds is 7. The minimum Gasteiger partial charge on any atom is -0.323 e. The maximum absolute atomic E-state index is 14.5. The van der Waals surface area contributed by atoms with E-state index in [1.165, 1.54) is 42.6 Å². The maximum Gasteiger partial charge on any atom is 0.343 e. The Bertz CT molecular complexity index is 2140. The molecule has 0 atom stereocenters. The van der Waals surface area contributed by atoms with Crippen molar-refractivity contribution in [3.05, 3.63) is 131 Å². The molecule has 10 nitrogen and oxygen atoms in total. The molecule has 0 bridgehead atoms. The number of H-pyrrole nitrogens is 1. The van der Waals surface area contributed by atoms with Crippen molar-refractivity contribution >= 4 is 62.9 Å². The number of benzene rings is 4. The van der Waals surface area contributed by atoms with E-state index in [9.17, 15) is 31.6 Å². The molecule has 46 heavy (non-hydrogen) atoms. The topological polar surface area (TPSA) is 133 Å². The average molecular weight is 660 g/mol. The normalized spacial score (nSPS) is 14.7. The van der Waals surface area contributed by atoms with Gasteiger partial charge in [-0.05, 0) is 72.3 Å². The van der Waals surface area contributed by atoms with Crippen molar-refractivity contribution in [2.75, 3.05) is 14.5 Å². The molecular formula is C32H20ClF2N5O5S. The number of nitrogens with one attached hydrogen (secondary N) is 2. The van der Waals surface area contributed by atoms with Gasteiger partial charge in [0.2, 0.25) is 5.95 Å². The first kappa shape index (κ1) is 30.4. The van der Waals surface area contributed by atoms with Gasteiger partial charge in [0.25, 0.3) is 21.8 Å². The van der Waals surface area contributed by atoms with Gasteiger partial charge in [-0.3, -0.25) is 9.59 Å². The number of aromatic amines is 1. The minimum atomic E-state index is -4.18. The number of nitrogens with zero attached hydrogens (tertiary/aromatic N) is 3. The first-order valence-corrected chi connectivity index (χ1v) is 15.3. The molecule has 0 unspecified atom stereocenters. The number of barbiturate groups is 1. The zero-order valence-corrected chi connectivity index (χ0v) is 24.9. The van der Waals surface area contributed by atoms with E-state index >= 15 is 0 Å². The molecule has 2 N–H and O–H groups in total. The summed E-state index contributed by atoms with van der Waals surface area (Å²) in [5, 5.41) is 0.314. The number of halogens is 3. The number of carbonyl (C=O) groups excluding carboxylic acids is 3. The summed E-state index contributed by atoms with van der Waals surface area (Å²) in [5.74, 6) is -4.11. The number of hydrogen-bond donors (Lipinski definition) is 2. The molecule has 4 aromatic carbocycles. The largest absolute Gasteiger partial charge is 0.343 e. The summed E-state index contributed by atoms with van der Waals surface area (Å²) < 4.78 is 56.7. The van der Waals surface area contributed by atoms with E-state index < -0.39 is 45.1 Å². The predicted octanol–water partition coefficient (Wildman–Crippen LogP) is 6.39. The number of sulfonamides is 1. The van der Waals surface area contributed by atoms with Gasteiger partial charge < -0.3 is 4.98 Å². The third kappa shape index (κ3) is 5.88. The van der Waals surface area contributed by atoms with Crippen LogP contribution in [0.2, 0.25) is 5.02 Å². The number of anilines is 3. The second-order valence-electron chi connectivity index (χ2n) is 9.87. The molecule has 2 heterocycles. The standard InChI is InChI=1S/C32H20ClF2N5O5S/c33-21-7-10-23(11-8-21)39-29(41)26(16-20-6-9-22(34)17-27(20)35)30(42)40(32(39)43)24-12-14-25(15-13-24)46(44,45)38-31-36-18-28(37-31)19-4-2-1-3-5-19/h1-18H,(H2,36,37,38)/b26-16-. The van der Waals surface area contributed by atoms with E-state index in [0.717, 1.165) is 35.9 Å². The molecule has 1 aliphatic rings. The second-order valence-corrected chi connectivity index (χ2v) is 12.0. The first-order valence-electron chi connectivity index (χ1n) is 13.4. The van der Waals surface area contributed by atoms with Gasteiger partial charge in [0.05, 0.1) is 28.2 Å². The molecule has 1 fully saturated rings. The van der Waals surface area contributed by atoms with Crippen LogP contribution >= 0.6 is 11.6 Å². The predicted molar refractivity (Wildman–Crippen MR) is 167 cm³/mol. The number of aromatic nitrogens is 2. The molecule has 1 saturated heterocycles. The van der Waals surface area contributed by atoms with Crippen LogP contribution < -0.4 is 14.5 Å². The van der Waals surface area contributed by atoms with Crippen LogP contribution in [0.25, 0.3) is 17.3 Å². The van der Waals surface area contributed by atoms with Crippen LogP contribution in [0.15, 0.2) is 114 Å². The lowest BCUT2D eigenvalue weighted by Gasteiger charge is -2.34. The monoisotopic (exact) mass is 659 g/mol. The van der Waals surface area contributed by atoms with E-state index in [-0.39, 0.29) is 27.8 Å². The Hall–Kier alpha value is -5.66. The first-order chi connectivity index (χ1) is 22.0. The van der Waals surface area contributed by atoms with E-state index in [1.807, 2.05) is 30.3 Å². The van der Waals surface area contributed by atoms with Crippen molar-refractivity contribution in [2.45, 2.75) is 4.90 Å². The second kappa shape index (κ2) is 12.0. The lowest BCUT2D eigenvalue weighted by atomic mass is 10.0. The third-order valence-corrected chi connectivity index (χ3v) is 8.50. The maximum atomic E-state index is 14.5. The van der Waals surface area contributed by atoms with Gasteiger partial charge >= 0.3 is 6.03 Å². The average Bonchev–Trinajstić information content (AvgIpc) is 3.50. The highest BCUT2D eigenvalue weighted by Crippen LogP contribution is 2.31. The van der Waals surface area contributed by atoms with Crippen molar-refractivity contribution in [1.82, 2.24) is 9.97 Å². The van der Waals surface area contributed by atoms with Gasteiger partial charge in [-0.25, -0.2) is 41.5 Å². The molecule has 6 rings (SSSR count). The van der Waals surface area contributed by atoms with Crippen molar-refractivity contribution in [3.63, 3.8) is 0 Å². The molecule has 5 aromatic rings. The number of carbonyl (C=O) groups is 3. The number of amides is 4. The third-order valence-electron chi connectivity index (χ3n) is 6.89. The van der Waals surface area contributed by atoms with Gasteiger partial charge in [0.15, 0.2) is 0 Å². The Morgan fingerprint density at radius 3 is 2.02 bits per heavy atom. The zero-order chi connectivity index (χ0) is 32.6. The van der Waals surface area contributed by atoms with Crippen molar-refractivity contribution < 1.29 is 31.6 Å². The van der Waals surface area contributed by atoms with Gasteiger partial charge in [-0.1, -0.05) is 41.9 Å². The van der Waals surface area contributed by atoms with Crippen molar-refractivity contribution in [2.24, 2.45) is 0 Å². The molecule has 0 aliphatic carbocycles. The molecule has 0 spiro atoms. The smallest absolute Gasteiger partial charge is 0.323 e. The number of hydrogen-bond acceptors (Lipinski definition) is 6. The molecule has 230 valence electrons. The molecule has 0 saturated carbocycles. The molecule has 0 radical (unpaired) electrons. The molecular weight excluding hydrogens is 640 g/mol. The molecule has 1 aromatic heterocycles. The number of urea groups is 1. The fourth-order valence-electron chi connectivity index (χ4n) is 4.65. The quantitative estimate of drug-likeness (QED) is 0.154. The lowest BCUT2D eigenvalue weighted by Crippen LogP contribution is -2.57. The molecule has 4 amide bonds. The molecule has 14 heteroatoms. The summed E-state index contributed by atoms with van der Waals surface area (Å²) in [7, 11) is -4.18. The summed E-state index contributed by atoms with van der Waals surface area (Å²) in [5.41, 5.74) is 0.464. The van der Waals surface area contributed by atoms with Crippen LogP contribution in [0, 0.1) is 11.6 Å². The Morgan fingerprint density at radius 1 is 0.804 bits per heavy atom. The summed E-state index contributed by atoms with van der Waals surface area (Å²) in [6.45, 7) is 0. The van der Waals surface area contributed by atoms with Crippen LogP contribution in [0.1, 0.15) is 5.56 Å². The highest BCUT2D eigenvalue weighted by Gasteiger charge is 2.44. The highest BCUT2D eigenvalue weighted by molar-refractivity contribution is 7.92. The Morgan fingerprint density at radius 2 is 1.41 bits per heavy atom. The van der Waals surface area contributed by atoms with Gasteiger partial charge in [-0.2, -0.15) is 0 Å². The Balaban J connectivity index is 1.33. The number of imide groups is 2. The SMILES string of the molecule is O=C1/C(=C/c2ccc(F)cc2F)C(=O)N(c2ccc(S(=O)(=O)Nc3ncc(-c4ccccc4)[nH]3)cc2)C(=O)N1c1ccc(Cl)cc1. The van der Waals surface area contributed by atoms with Crippen LogP contribution in [0.4, 0.5) is 30.9 Å². The summed E-state index contributed by atoms with van der Waals surface area (Å²) in [6, 6.07) is 21.0. The molecule has 1 aliphatic heterocycles. The summed E-state index contributed by atoms with van der Waals surface area (Å²) in [6.07, 6.45) is 2.39. The van der Waals surface area contributed by atoms with E-state index in [0.29, 0.717) is 26.6 Å². The van der Waals surface area contributed by atoms with Gasteiger partial charge in [0, 0.05) is 16.7 Å². The lowest BCUT2D eigenvalue weighted by molar-refractivity contribution is -0.121. The minimum absolute atomic E-state index is 0.0377. The zero-order valence-electron chi connectivity index (χ0n) is 23.3. The highest BCUT2D eigenvalue weighted by atomic mass is 35.5. The van der Waals surface area contributed by atoms with E-state index in [4.69, 9.17) is 11.6 Å². The van der Waals surface area contributed by atoms with Gasteiger partial charge in [-0.15, -0.1) is 0 Å². The Labute approximate surface area is 265 Å². The number of imidazole rings is 1. The van der Waals surface area contributed by atoms with Crippen LogP contribution in [-0.4, -0.2) is 36.2 Å². The summed E-state index contributed by atoms with van der Waals surface area (Å²) >= 11 is 5.97. The fraction of sp³-hybridized carbons (Fsp3) is 0. The van der Waals surface area contributed by atoms with Crippen molar-refractivity contribution in [3.8, 4) is 11.3 Å². The summed E-state index contributed by atoms with van der Waals surface area (Å²) in [4.78, 5) is 48.9. The van der Waals surface area contributed by atoms with Crippen molar-refractivity contribution in [1.29, 1.82) is 0 Å². The van der Waals surface area contributed by atoms with Crippen LogP contribution in [-0.2, 0) is 19.6 Å².